The van der Waals surface area contributed by atoms with Gasteiger partial charge in [0.2, 0.25) is 11.0 Å². The molecule has 144 valence electrons. The minimum absolute atomic E-state index is 0.116. The third-order valence-corrected chi connectivity index (χ3v) is 4.94. The predicted octanol–water partition coefficient (Wildman–Crippen LogP) is 3.66. The molecule has 3 N–H and O–H groups in total. The Balaban J connectivity index is 1.48. The zero-order valence-corrected chi connectivity index (χ0v) is 16.5. The van der Waals surface area contributed by atoms with Crippen molar-refractivity contribution in [2.45, 2.75) is 26.8 Å². The standard InChI is InChI=1S/C20H21N5O2S/c1-13-8-9-16(10-14(13)2)22-19(27)23-20-25-24-18(28-20)11-17(26)21-12-15-6-4-3-5-7-15/h3-10H,11-12H2,1-2H3,(H,21,26)(H2,22,23,25,27). The Morgan fingerprint density at radius 2 is 1.75 bits per heavy atom. The van der Waals surface area contributed by atoms with Crippen molar-refractivity contribution in [2.24, 2.45) is 0 Å². The van der Waals surface area contributed by atoms with Crippen molar-refractivity contribution in [1.82, 2.24) is 15.5 Å². The molecule has 0 saturated carbocycles. The van der Waals surface area contributed by atoms with Gasteiger partial charge in [0.25, 0.3) is 0 Å². The van der Waals surface area contributed by atoms with Crippen molar-refractivity contribution in [3.8, 4) is 0 Å². The average molecular weight is 395 g/mol. The maximum atomic E-state index is 12.1. The molecule has 1 aromatic heterocycles. The van der Waals surface area contributed by atoms with Crippen molar-refractivity contribution < 1.29 is 9.59 Å². The second-order valence-electron chi connectivity index (χ2n) is 6.32. The molecule has 3 aromatic rings. The van der Waals surface area contributed by atoms with Crippen LogP contribution in [-0.2, 0) is 17.8 Å². The van der Waals surface area contributed by atoms with Crippen LogP contribution in [0.15, 0.2) is 48.5 Å². The minimum Gasteiger partial charge on any atom is -0.352 e. The van der Waals surface area contributed by atoms with E-state index >= 15 is 0 Å². The molecule has 7 nitrogen and oxygen atoms in total. The molecule has 0 bridgehead atoms. The first-order chi connectivity index (χ1) is 13.5. The minimum atomic E-state index is -0.403. The van der Waals surface area contributed by atoms with Crippen molar-refractivity contribution in [2.75, 3.05) is 10.6 Å². The molecule has 0 fully saturated rings. The number of amides is 3. The van der Waals surface area contributed by atoms with Gasteiger partial charge in [-0.25, -0.2) is 4.79 Å². The van der Waals surface area contributed by atoms with E-state index in [2.05, 4.69) is 26.1 Å². The molecular weight excluding hydrogens is 374 g/mol. The summed E-state index contributed by atoms with van der Waals surface area (Å²) in [5, 5.41) is 17.0. The summed E-state index contributed by atoms with van der Waals surface area (Å²) in [4.78, 5) is 24.2. The summed E-state index contributed by atoms with van der Waals surface area (Å²) in [7, 11) is 0. The van der Waals surface area contributed by atoms with Gasteiger partial charge >= 0.3 is 6.03 Å². The Morgan fingerprint density at radius 1 is 0.964 bits per heavy atom. The molecule has 0 saturated heterocycles. The fourth-order valence-electron chi connectivity index (χ4n) is 2.45. The second kappa shape index (κ2) is 9.09. The highest BCUT2D eigenvalue weighted by Gasteiger charge is 2.12. The second-order valence-corrected chi connectivity index (χ2v) is 7.38. The number of hydrogen-bond acceptors (Lipinski definition) is 5. The highest BCUT2D eigenvalue weighted by Crippen LogP contribution is 2.17. The summed E-state index contributed by atoms with van der Waals surface area (Å²) in [5.74, 6) is -0.147. The van der Waals surface area contributed by atoms with Gasteiger partial charge in [-0.15, -0.1) is 10.2 Å². The first kappa shape index (κ1) is 19.5. The summed E-state index contributed by atoms with van der Waals surface area (Å²) < 4.78 is 0. The molecule has 3 rings (SSSR count). The van der Waals surface area contributed by atoms with Crippen LogP contribution in [-0.4, -0.2) is 22.1 Å². The Morgan fingerprint density at radius 3 is 2.50 bits per heavy atom. The zero-order valence-electron chi connectivity index (χ0n) is 15.7. The van der Waals surface area contributed by atoms with Crippen molar-refractivity contribution in [3.05, 3.63) is 70.2 Å². The van der Waals surface area contributed by atoms with Crippen LogP contribution < -0.4 is 16.0 Å². The van der Waals surface area contributed by atoms with Gasteiger partial charge in [-0.2, -0.15) is 0 Å². The van der Waals surface area contributed by atoms with Crippen molar-refractivity contribution >= 4 is 34.1 Å². The highest BCUT2D eigenvalue weighted by molar-refractivity contribution is 7.15. The molecule has 0 radical (unpaired) electrons. The van der Waals surface area contributed by atoms with E-state index in [0.717, 1.165) is 16.7 Å². The average Bonchev–Trinajstić information content (AvgIpc) is 3.10. The summed E-state index contributed by atoms with van der Waals surface area (Å²) in [6.07, 6.45) is 0.116. The Bertz CT molecular complexity index is 972. The number of benzene rings is 2. The number of carbonyl (C=O) groups excluding carboxylic acids is 2. The molecule has 0 unspecified atom stereocenters. The third-order valence-electron chi connectivity index (χ3n) is 4.10. The number of carbonyl (C=O) groups is 2. The molecule has 1 heterocycles. The van der Waals surface area contributed by atoms with Crippen molar-refractivity contribution in [3.63, 3.8) is 0 Å². The number of nitrogens with zero attached hydrogens (tertiary/aromatic N) is 2. The van der Waals surface area contributed by atoms with E-state index in [0.29, 0.717) is 22.4 Å². The quantitative estimate of drug-likeness (QED) is 0.593. The number of urea groups is 1. The molecule has 0 aliphatic heterocycles. The van der Waals surface area contributed by atoms with Crippen molar-refractivity contribution in [1.29, 1.82) is 0 Å². The molecule has 0 spiro atoms. The van der Waals surface area contributed by atoms with E-state index in [1.165, 1.54) is 11.3 Å². The number of aryl methyl sites for hydroxylation is 2. The van der Waals surface area contributed by atoms with E-state index in [4.69, 9.17) is 0 Å². The predicted molar refractivity (Wildman–Crippen MR) is 110 cm³/mol. The Labute approximate surface area is 167 Å². The fraction of sp³-hybridized carbons (Fsp3) is 0.200. The topological polar surface area (TPSA) is 96.0 Å². The lowest BCUT2D eigenvalue weighted by atomic mass is 10.1. The Kier molecular flexibility index (Phi) is 6.33. The number of anilines is 2. The van der Waals surface area contributed by atoms with E-state index < -0.39 is 6.03 Å². The van der Waals surface area contributed by atoms with Gasteiger partial charge in [0.05, 0.1) is 6.42 Å². The van der Waals surface area contributed by atoms with Gasteiger partial charge in [0.1, 0.15) is 5.01 Å². The van der Waals surface area contributed by atoms with Gasteiger partial charge in [0.15, 0.2) is 0 Å². The summed E-state index contributed by atoms with van der Waals surface area (Å²) >= 11 is 1.17. The number of aromatic nitrogens is 2. The SMILES string of the molecule is Cc1ccc(NC(=O)Nc2nnc(CC(=O)NCc3ccccc3)s2)cc1C. The Hall–Kier alpha value is -3.26. The van der Waals surface area contributed by atoms with Gasteiger partial charge in [0, 0.05) is 12.2 Å². The lowest BCUT2D eigenvalue weighted by Gasteiger charge is -2.07. The van der Waals surface area contributed by atoms with Gasteiger partial charge in [-0.05, 0) is 42.7 Å². The van der Waals surface area contributed by atoms with Gasteiger partial charge in [-0.3, -0.25) is 10.1 Å². The number of hydrogen-bond donors (Lipinski definition) is 3. The van der Waals surface area contributed by atoms with E-state index in [9.17, 15) is 9.59 Å². The van der Waals surface area contributed by atoms with Crippen LogP contribution in [0.3, 0.4) is 0 Å². The third kappa shape index (κ3) is 5.62. The van der Waals surface area contributed by atoms with Crippen LogP contribution >= 0.6 is 11.3 Å². The smallest absolute Gasteiger partial charge is 0.325 e. The summed E-state index contributed by atoms with van der Waals surface area (Å²) in [6.45, 7) is 4.46. The molecule has 3 amide bonds. The van der Waals surface area contributed by atoms with Crippen LogP contribution in [0, 0.1) is 13.8 Å². The largest absolute Gasteiger partial charge is 0.352 e. The molecule has 2 aromatic carbocycles. The monoisotopic (exact) mass is 395 g/mol. The lowest BCUT2D eigenvalue weighted by Crippen LogP contribution is -2.24. The summed E-state index contributed by atoms with van der Waals surface area (Å²) in [5.41, 5.74) is 3.98. The van der Waals surface area contributed by atoms with Crippen LogP contribution in [0.1, 0.15) is 21.7 Å². The normalized spacial score (nSPS) is 10.4. The maximum absolute atomic E-state index is 12.1. The molecule has 0 aliphatic carbocycles. The maximum Gasteiger partial charge on any atom is 0.325 e. The van der Waals surface area contributed by atoms with Gasteiger partial charge < -0.3 is 10.6 Å². The first-order valence-corrected chi connectivity index (χ1v) is 9.59. The lowest BCUT2D eigenvalue weighted by molar-refractivity contribution is -0.120. The molecule has 0 atom stereocenters. The fourth-order valence-corrected chi connectivity index (χ4v) is 3.18. The highest BCUT2D eigenvalue weighted by atomic mass is 32.1. The van der Waals surface area contributed by atoms with Crippen LogP contribution in [0.2, 0.25) is 0 Å². The number of nitrogens with one attached hydrogen (secondary N) is 3. The number of rotatable bonds is 6. The van der Waals surface area contributed by atoms with Crippen LogP contribution in [0.5, 0.6) is 0 Å². The van der Waals surface area contributed by atoms with E-state index in [-0.39, 0.29) is 12.3 Å². The molecule has 8 heteroatoms. The molecule has 28 heavy (non-hydrogen) atoms. The molecule has 0 aliphatic rings. The van der Waals surface area contributed by atoms with Crippen LogP contribution in [0.4, 0.5) is 15.6 Å². The summed E-state index contributed by atoms with van der Waals surface area (Å²) in [6, 6.07) is 14.9. The first-order valence-electron chi connectivity index (χ1n) is 8.78. The van der Waals surface area contributed by atoms with E-state index in [1.807, 2.05) is 62.4 Å². The van der Waals surface area contributed by atoms with Gasteiger partial charge in [-0.1, -0.05) is 47.7 Å². The van der Waals surface area contributed by atoms with E-state index in [1.54, 1.807) is 0 Å². The molecular formula is C20H21N5O2S. The van der Waals surface area contributed by atoms with Crippen LogP contribution in [0.25, 0.3) is 0 Å². The zero-order chi connectivity index (χ0) is 19.9.